The van der Waals surface area contributed by atoms with Crippen LogP contribution < -0.4 is 5.32 Å². The van der Waals surface area contributed by atoms with E-state index in [1.807, 2.05) is 0 Å². The number of carbonyl (C=O) groups excluding carboxylic acids is 1. The van der Waals surface area contributed by atoms with Gasteiger partial charge in [-0.15, -0.1) is 5.10 Å². The Hall–Kier alpha value is -3.10. The lowest BCUT2D eigenvalue weighted by atomic mass is 10.2. The predicted octanol–water partition coefficient (Wildman–Crippen LogP) is 0.623. The fourth-order valence-corrected chi connectivity index (χ4v) is 1.88. The van der Waals surface area contributed by atoms with Crippen LogP contribution >= 0.6 is 0 Å². The summed E-state index contributed by atoms with van der Waals surface area (Å²) in [5, 5.41) is 14.3. The van der Waals surface area contributed by atoms with Gasteiger partial charge in [-0.25, -0.2) is 18.7 Å². The first-order valence-corrected chi connectivity index (χ1v) is 6.44. The summed E-state index contributed by atoms with van der Waals surface area (Å²) >= 11 is 0. The number of aromatic nitrogens is 6. The first kappa shape index (κ1) is 13.9. The number of benzene rings is 1. The van der Waals surface area contributed by atoms with Crippen LogP contribution in [0.15, 0.2) is 37.1 Å². The quantitative estimate of drug-likeness (QED) is 0.763. The Morgan fingerprint density at radius 3 is 2.91 bits per heavy atom. The molecule has 3 rings (SSSR count). The number of halogens is 1. The van der Waals surface area contributed by atoms with Crippen molar-refractivity contribution in [2.24, 2.45) is 0 Å². The van der Waals surface area contributed by atoms with Crippen molar-refractivity contribution in [2.75, 3.05) is 0 Å². The van der Waals surface area contributed by atoms with E-state index in [4.69, 9.17) is 0 Å². The summed E-state index contributed by atoms with van der Waals surface area (Å²) in [6.07, 6.45) is 4.37. The van der Waals surface area contributed by atoms with Gasteiger partial charge in [0.2, 0.25) is 5.91 Å². The van der Waals surface area contributed by atoms with Gasteiger partial charge < -0.3 is 5.32 Å². The third-order valence-electron chi connectivity index (χ3n) is 2.92. The van der Waals surface area contributed by atoms with Gasteiger partial charge in [-0.05, 0) is 12.1 Å². The van der Waals surface area contributed by atoms with Crippen LogP contribution in [0.2, 0.25) is 0 Å². The first-order valence-electron chi connectivity index (χ1n) is 6.44. The standard InChI is InChI=1S/C13H12FN7O/c1-9(22)16-5-10-6-20(19-18-10)11-2-3-13(12(14)4-11)21-8-15-7-17-21/h2-4,6-8H,5H2,1H3,(H,16,22). The molecular weight excluding hydrogens is 289 g/mol. The second-order valence-electron chi connectivity index (χ2n) is 4.54. The molecule has 8 nitrogen and oxygen atoms in total. The third-order valence-corrected chi connectivity index (χ3v) is 2.92. The molecule has 0 atom stereocenters. The molecule has 1 amide bonds. The van der Waals surface area contributed by atoms with E-state index in [2.05, 4.69) is 25.7 Å². The van der Waals surface area contributed by atoms with E-state index in [1.54, 1.807) is 18.3 Å². The summed E-state index contributed by atoms with van der Waals surface area (Å²) < 4.78 is 16.9. The maximum atomic E-state index is 14.2. The van der Waals surface area contributed by atoms with E-state index in [0.717, 1.165) is 0 Å². The van der Waals surface area contributed by atoms with E-state index in [1.165, 1.54) is 35.0 Å². The minimum absolute atomic E-state index is 0.155. The van der Waals surface area contributed by atoms with Crippen molar-refractivity contribution < 1.29 is 9.18 Å². The molecule has 0 fully saturated rings. The number of nitrogens with zero attached hydrogens (tertiary/aromatic N) is 6. The van der Waals surface area contributed by atoms with Crippen molar-refractivity contribution in [3.05, 3.63) is 48.6 Å². The number of amides is 1. The van der Waals surface area contributed by atoms with Crippen molar-refractivity contribution in [2.45, 2.75) is 13.5 Å². The lowest BCUT2D eigenvalue weighted by Crippen LogP contribution is -2.19. The topological polar surface area (TPSA) is 90.5 Å². The average molecular weight is 301 g/mol. The lowest BCUT2D eigenvalue weighted by molar-refractivity contribution is -0.119. The van der Waals surface area contributed by atoms with Crippen LogP contribution in [-0.4, -0.2) is 35.7 Å². The molecule has 0 spiro atoms. The van der Waals surface area contributed by atoms with Crippen LogP contribution in [0, 0.1) is 5.82 Å². The fraction of sp³-hybridized carbons (Fsp3) is 0.154. The summed E-state index contributed by atoms with van der Waals surface area (Å²) in [5.41, 5.74) is 1.39. The number of hydrogen-bond acceptors (Lipinski definition) is 5. The number of hydrogen-bond donors (Lipinski definition) is 1. The molecule has 3 aromatic rings. The molecule has 9 heteroatoms. The Kier molecular flexibility index (Phi) is 3.60. The van der Waals surface area contributed by atoms with E-state index < -0.39 is 5.82 Å². The van der Waals surface area contributed by atoms with Crippen molar-refractivity contribution in [1.82, 2.24) is 35.1 Å². The average Bonchev–Trinajstić information content (AvgIpc) is 3.16. The molecule has 112 valence electrons. The van der Waals surface area contributed by atoms with E-state index in [9.17, 15) is 9.18 Å². The van der Waals surface area contributed by atoms with E-state index in [-0.39, 0.29) is 12.5 Å². The minimum Gasteiger partial charge on any atom is -0.351 e. The van der Waals surface area contributed by atoms with Gasteiger partial charge in [0.1, 0.15) is 24.0 Å². The highest BCUT2D eigenvalue weighted by molar-refractivity contribution is 5.72. The summed E-state index contributed by atoms with van der Waals surface area (Å²) in [4.78, 5) is 14.6. The Balaban J connectivity index is 1.84. The van der Waals surface area contributed by atoms with E-state index >= 15 is 0 Å². The van der Waals surface area contributed by atoms with Gasteiger partial charge >= 0.3 is 0 Å². The molecule has 0 radical (unpaired) electrons. The molecule has 0 aliphatic heterocycles. The normalized spacial score (nSPS) is 10.6. The molecule has 0 unspecified atom stereocenters. The number of nitrogens with one attached hydrogen (secondary N) is 1. The van der Waals surface area contributed by atoms with Gasteiger partial charge in [0, 0.05) is 13.0 Å². The zero-order valence-corrected chi connectivity index (χ0v) is 11.6. The first-order chi connectivity index (χ1) is 10.6. The summed E-state index contributed by atoms with van der Waals surface area (Å²) in [6, 6.07) is 4.60. The zero-order chi connectivity index (χ0) is 15.5. The summed E-state index contributed by atoms with van der Waals surface area (Å²) in [5.74, 6) is -0.611. The monoisotopic (exact) mass is 301 g/mol. The summed E-state index contributed by atoms with van der Waals surface area (Å²) in [7, 11) is 0. The maximum Gasteiger partial charge on any atom is 0.217 e. The lowest BCUT2D eigenvalue weighted by Gasteiger charge is -2.05. The molecule has 0 aliphatic carbocycles. The highest BCUT2D eigenvalue weighted by Gasteiger charge is 2.09. The SMILES string of the molecule is CC(=O)NCc1cn(-c2ccc(-n3cncn3)c(F)c2)nn1. The smallest absolute Gasteiger partial charge is 0.217 e. The third kappa shape index (κ3) is 2.82. The van der Waals surface area contributed by atoms with Crippen molar-refractivity contribution in [3.63, 3.8) is 0 Å². The van der Waals surface area contributed by atoms with Gasteiger partial charge in [0.05, 0.1) is 18.4 Å². The number of carbonyl (C=O) groups is 1. The Morgan fingerprint density at radius 1 is 1.36 bits per heavy atom. The molecule has 1 aromatic carbocycles. The van der Waals surface area contributed by atoms with E-state index in [0.29, 0.717) is 17.1 Å². The van der Waals surface area contributed by atoms with Gasteiger partial charge in [-0.1, -0.05) is 5.21 Å². The highest BCUT2D eigenvalue weighted by Crippen LogP contribution is 2.16. The second kappa shape index (κ2) is 5.72. The predicted molar refractivity (Wildman–Crippen MR) is 73.8 cm³/mol. The van der Waals surface area contributed by atoms with Crippen LogP contribution in [0.4, 0.5) is 4.39 Å². The molecule has 0 saturated carbocycles. The second-order valence-corrected chi connectivity index (χ2v) is 4.54. The molecular formula is C13H12FN7O. The van der Waals surface area contributed by atoms with Crippen LogP contribution in [-0.2, 0) is 11.3 Å². The minimum atomic E-state index is -0.457. The number of rotatable bonds is 4. The largest absolute Gasteiger partial charge is 0.351 e. The van der Waals surface area contributed by atoms with Crippen molar-refractivity contribution in [1.29, 1.82) is 0 Å². The molecule has 0 saturated heterocycles. The maximum absolute atomic E-state index is 14.2. The van der Waals surface area contributed by atoms with Crippen LogP contribution in [0.3, 0.4) is 0 Å². The van der Waals surface area contributed by atoms with Gasteiger partial charge in [-0.3, -0.25) is 4.79 Å². The van der Waals surface area contributed by atoms with Gasteiger partial charge in [0.15, 0.2) is 5.82 Å². The molecule has 0 aliphatic rings. The Morgan fingerprint density at radius 2 is 2.23 bits per heavy atom. The van der Waals surface area contributed by atoms with Gasteiger partial charge in [-0.2, -0.15) is 5.10 Å². The zero-order valence-electron chi connectivity index (χ0n) is 11.6. The van der Waals surface area contributed by atoms with Gasteiger partial charge in [0.25, 0.3) is 0 Å². The fourth-order valence-electron chi connectivity index (χ4n) is 1.88. The summed E-state index contributed by atoms with van der Waals surface area (Å²) in [6.45, 7) is 1.69. The molecule has 2 aromatic heterocycles. The molecule has 1 N–H and O–H groups in total. The molecule has 0 bridgehead atoms. The van der Waals surface area contributed by atoms with Crippen molar-refractivity contribution >= 4 is 5.91 Å². The highest BCUT2D eigenvalue weighted by atomic mass is 19.1. The van der Waals surface area contributed by atoms with Crippen LogP contribution in [0.5, 0.6) is 0 Å². The Labute approximate surface area is 124 Å². The molecule has 22 heavy (non-hydrogen) atoms. The van der Waals surface area contributed by atoms with Crippen LogP contribution in [0.25, 0.3) is 11.4 Å². The molecule has 2 heterocycles. The Bertz CT molecular complexity index is 797. The van der Waals surface area contributed by atoms with Crippen LogP contribution in [0.1, 0.15) is 12.6 Å². The van der Waals surface area contributed by atoms with Crippen molar-refractivity contribution in [3.8, 4) is 11.4 Å².